The van der Waals surface area contributed by atoms with E-state index in [-0.39, 0.29) is 16.4 Å². The number of hydrogen-bond donors (Lipinski definition) is 1. The number of benzene rings is 2. The number of nitro groups is 1. The Morgan fingerprint density at radius 1 is 1.21 bits per heavy atom. The van der Waals surface area contributed by atoms with Crippen LogP contribution >= 0.6 is 0 Å². The molecule has 0 amide bonds. The van der Waals surface area contributed by atoms with Crippen molar-refractivity contribution in [2.24, 2.45) is 4.99 Å². The molecule has 2 aromatic carbocycles. The van der Waals surface area contributed by atoms with Crippen molar-refractivity contribution in [1.29, 1.82) is 0 Å². The average Bonchev–Trinajstić information content (AvgIpc) is 2.80. The molecule has 1 N–H and O–H groups in total. The van der Waals surface area contributed by atoms with Crippen LogP contribution in [0.25, 0.3) is 6.08 Å². The zero-order chi connectivity index (χ0) is 17.5. The van der Waals surface area contributed by atoms with Gasteiger partial charge in [0.25, 0.3) is 5.69 Å². The van der Waals surface area contributed by atoms with E-state index >= 15 is 0 Å². The minimum atomic E-state index is -0.404. The van der Waals surface area contributed by atoms with Crippen LogP contribution in [0.5, 0.6) is 5.75 Å². The molecule has 0 bridgehead atoms. The van der Waals surface area contributed by atoms with E-state index in [1.165, 1.54) is 6.07 Å². The molecule has 0 saturated heterocycles. The van der Waals surface area contributed by atoms with Gasteiger partial charge in [0.1, 0.15) is 5.75 Å². The molecule has 3 rings (SSSR count). The van der Waals surface area contributed by atoms with Gasteiger partial charge < -0.3 is 5.11 Å². The predicted molar refractivity (Wildman–Crippen MR) is 95.0 cm³/mol. The Bertz CT molecular complexity index is 878. The van der Waals surface area contributed by atoms with E-state index in [4.69, 9.17) is 4.99 Å². The molecular formula is C19H18N2O3. The summed E-state index contributed by atoms with van der Waals surface area (Å²) >= 11 is 0. The summed E-state index contributed by atoms with van der Waals surface area (Å²) in [6.07, 6.45) is 2.00. The summed E-state index contributed by atoms with van der Waals surface area (Å²) in [7, 11) is 0. The molecule has 0 unspecified atom stereocenters. The van der Waals surface area contributed by atoms with E-state index in [0.29, 0.717) is 0 Å². The maximum Gasteiger partial charge on any atom is 0.269 e. The van der Waals surface area contributed by atoms with Gasteiger partial charge in [0.2, 0.25) is 0 Å². The molecule has 0 radical (unpaired) electrons. The van der Waals surface area contributed by atoms with Crippen LogP contribution in [0.2, 0.25) is 0 Å². The molecule has 0 fully saturated rings. The fourth-order valence-electron chi connectivity index (χ4n) is 3.09. The first kappa shape index (κ1) is 15.9. The van der Waals surface area contributed by atoms with E-state index < -0.39 is 5.41 Å². The summed E-state index contributed by atoms with van der Waals surface area (Å²) in [5.41, 5.74) is 4.17. The molecule has 0 aliphatic carbocycles. The lowest BCUT2D eigenvalue weighted by molar-refractivity contribution is -0.384. The van der Waals surface area contributed by atoms with Gasteiger partial charge in [0.05, 0.1) is 16.3 Å². The van der Waals surface area contributed by atoms with Crippen LogP contribution in [-0.2, 0) is 5.41 Å². The fraction of sp³-hybridized carbons (Fsp3) is 0.211. The number of aliphatic imine (C=N–C) groups is 1. The third kappa shape index (κ3) is 2.69. The quantitative estimate of drug-likeness (QED) is 0.653. The van der Waals surface area contributed by atoms with Crippen molar-refractivity contribution in [2.45, 2.75) is 26.2 Å². The zero-order valence-electron chi connectivity index (χ0n) is 13.8. The fourth-order valence-corrected chi connectivity index (χ4v) is 3.09. The normalized spacial score (nSPS) is 15.8. The molecule has 122 valence electrons. The molecule has 0 atom stereocenters. The minimum Gasteiger partial charge on any atom is -0.508 e. The standard InChI is InChI=1S/C19H18N2O3/c1-12(10-13-4-7-15(22)8-5-13)18-19(2,3)16-11-14(21(23)24)6-9-17(16)20-18/h4-11,22H,1-3H3/b12-10+. The van der Waals surface area contributed by atoms with Crippen molar-refractivity contribution >= 4 is 23.2 Å². The predicted octanol–water partition coefficient (Wildman–Crippen LogP) is 4.77. The second-order valence-corrected chi connectivity index (χ2v) is 6.46. The summed E-state index contributed by atoms with van der Waals surface area (Å²) in [6, 6.07) is 11.7. The van der Waals surface area contributed by atoms with Crippen molar-refractivity contribution in [3.8, 4) is 5.75 Å². The van der Waals surface area contributed by atoms with Crippen molar-refractivity contribution in [3.63, 3.8) is 0 Å². The second-order valence-electron chi connectivity index (χ2n) is 6.46. The Morgan fingerprint density at radius 2 is 1.88 bits per heavy atom. The van der Waals surface area contributed by atoms with Crippen LogP contribution < -0.4 is 0 Å². The highest BCUT2D eigenvalue weighted by Gasteiger charge is 2.36. The Hall–Kier alpha value is -2.95. The van der Waals surface area contributed by atoms with Crippen molar-refractivity contribution in [3.05, 3.63) is 69.3 Å². The number of fused-ring (bicyclic) bond motifs is 1. The Kier molecular flexibility index (Phi) is 3.72. The van der Waals surface area contributed by atoms with Crippen LogP contribution in [-0.4, -0.2) is 15.7 Å². The van der Waals surface area contributed by atoms with E-state index in [9.17, 15) is 15.2 Å². The summed E-state index contributed by atoms with van der Waals surface area (Å²) in [4.78, 5) is 15.3. The molecule has 5 heteroatoms. The van der Waals surface area contributed by atoms with E-state index in [2.05, 4.69) is 0 Å². The third-order valence-electron chi connectivity index (χ3n) is 4.34. The van der Waals surface area contributed by atoms with Crippen molar-refractivity contribution in [2.75, 3.05) is 0 Å². The molecule has 1 aliphatic rings. The van der Waals surface area contributed by atoms with Gasteiger partial charge in [-0.25, -0.2) is 0 Å². The first-order valence-electron chi connectivity index (χ1n) is 7.65. The molecule has 0 aromatic heterocycles. The lowest BCUT2D eigenvalue weighted by atomic mass is 9.78. The molecule has 1 aliphatic heterocycles. The highest BCUT2D eigenvalue weighted by molar-refractivity contribution is 6.14. The van der Waals surface area contributed by atoms with Crippen LogP contribution in [0.3, 0.4) is 0 Å². The van der Waals surface area contributed by atoms with E-state index in [1.807, 2.05) is 39.0 Å². The lowest BCUT2D eigenvalue weighted by Gasteiger charge is -2.22. The lowest BCUT2D eigenvalue weighted by Crippen LogP contribution is -2.26. The maximum absolute atomic E-state index is 11.0. The van der Waals surface area contributed by atoms with Gasteiger partial charge in [0, 0.05) is 17.5 Å². The highest BCUT2D eigenvalue weighted by Crippen LogP contribution is 2.43. The maximum atomic E-state index is 11.0. The molecular weight excluding hydrogens is 304 g/mol. The number of aromatic hydroxyl groups is 1. The first-order chi connectivity index (χ1) is 11.3. The van der Waals surface area contributed by atoms with Gasteiger partial charge in [-0.15, -0.1) is 0 Å². The number of phenolic OH excluding ortho intramolecular Hbond substituents is 1. The Balaban J connectivity index is 2.00. The van der Waals surface area contributed by atoms with Crippen molar-refractivity contribution < 1.29 is 10.0 Å². The topological polar surface area (TPSA) is 75.7 Å². The number of allylic oxidation sites excluding steroid dienone is 1. The molecule has 1 heterocycles. The Labute approximate surface area is 140 Å². The number of phenols is 1. The number of non-ortho nitro benzene ring substituents is 1. The van der Waals surface area contributed by atoms with Crippen LogP contribution in [0.4, 0.5) is 11.4 Å². The van der Waals surface area contributed by atoms with Gasteiger partial charge in [-0.2, -0.15) is 0 Å². The highest BCUT2D eigenvalue weighted by atomic mass is 16.6. The third-order valence-corrected chi connectivity index (χ3v) is 4.34. The molecule has 0 spiro atoms. The summed E-state index contributed by atoms with van der Waals surface area (Å²) in [5.74, 6) is 0.225. The molecule has 0 saturated carbocycles. The van der Waals surface area contributed by atoms with Gasteiger partial charge in [-0.3, -0.25) is 15.1 Å². The number of hydrogen-bond acceptors (Lipinski definition) is 4. The summed E-state index contributed by atoms with van der Waals surface area (Å²) in [5, 5.41) is 20.4. The SMILES string of the molecule is C/C(=C\c1ccc(O)cc1)C1=Nc2ccc([N+](=O)[O-])cc2C1(C)C. The monoisotopic (exact) mass is 322 g/mol. The van der Waals surface area contributed by atoms with Crippen molar-refractivity contribution in [1.82, 2.24) is 0 Å². The summed E-state index contributed by atoms with van der Waals surface area (Å²) in [6.45, 7) is 6.03. The molecule has 5 nitrogen and oxygen atoms in total. The Morgan fingerprint density at radius 3 is 2.50 bits per heavy atom. The second kappa shape index (κ2) is 5.60. The minimum absolute atomic E-state index is 0.0819. The van der Waals surface area contributed by atoms with Gasteiger partial charge in [-0.05, 0) is 41.8 Å². The molecule has 2 aromatic rings. The number of rotatable bonds is 3. The smallest absolute Gasteiger partial charge is 0.269 e. The largest absolute Gasteiger partial charge is 0.508 e. The van der Waals surface area contributed by atoms with Crippen LogP contribution in [0.15, 0.2) is 53.0 Å². The van der Waals surface area contributed by atoms with Crippen LogP contribution in [0, 0.1) is 10.1 Å². The first-order valence-corrected chi connectivity index (χ1v) is 7.65. The average molecular weight is 322 g/mol. The van der Waals surface area contributed by atoms with E-state index in [1.54, 1.807) is 24.3 Å². The summed E-state index contributed by atoms with van der Waals surface area (Å²) < 4.78 is 0. The number of nitrogens with zero attached hydrogens (tertiary/aromatic N) is 2. The zero-order valence-corrected chi connectivity index (χ0v) is 13.8. The van der Waals surface area contributed by atoms with Gasteiger partial charge >= 0.3 is 0 Å². The number of nitro benzene ring substituents is 1. The van der Waals surface area contributed by atoms with Crippen LogP contribution in [0.1, 0.15) is 31.9 Å². The van der Waals surface area contributed by atoms with Gasteiger partial charge in [-0.1, -0.05) is 32.1 Å². The van der Waals surface area contributed by atoms with Gasteiger partial charge in [0.15, 0.2) is 0 Å². The van der Waals surface area contributed by atoms with E-state index in [0.717, 1.165) is 28.1 Å². The molecule has 24 heavy (non-hydrogen) atoms.